The van der Waals surface area contributed by atoms with E-state index < -0.39 is 10.0 Å². The number of anilines is 1. The summed E-state index contributed by atoms with van der Waals surface area (Å²) in [6, 6.07) is 5.21. The van der Waals surface area contributed by atoms with Gasteiger partial charge in [0.1, 0.15) is 0 Å². The molecule has 8 nitrogen and oxygen atoms in total. The van der Waals surface area contributed by atoms with E-state index >= 15 is 0 Å². The molecule has 1 saturated carbocycles. The normalized spacial score (nSPS) is 22.1. The Morgan fingerprint density at radius 2 is 1.85 bits per heavy atom. The fraction of sp³-hybridized carbons (Fsp3) is 0.667. The molecule has 0 aromatic heterocycles. The molecule has 33 heavy (non-hydrogen) atoms. The smallest absolute Gasteiger partial charge is 0.243 e. The lowest BCUT2D eigenvalue weighted by Gasteiger charge is -2.32. The highest BCUT2D eigenvalue weighted by atomic mass is 32.2. The van der Waals surface area contributed by atoms with Crippen LogP contribution in [-0.4, -0.2) is 63.9 Å². The topological polar surface area (TPSA) is 96.0 Å². The standard InChI is InChI=1S/C24H35N3O5S/c1-17-15-20-16-21(7-8-22(20)27(17)24(29)19-5-3-6-19)33(30,31)26-12-9-18(10-13-26)23(28)25-11-4-14-32-2/h7-8,16-19H,3-6,9-15H2,1-2H3,(H,25,28)/t17-/m0/s1. The first kappa shape index (κ1) is 24.2. The van der Waals surface area contributed by atoms with Gasteiger partial charge in [-0.25, -0.2) is 8.42 Å². The summed E-state index contributed by atoms with van der Waals surface area (Å²) in [5.74, 6) is 0.114. The second kappa shape index (κ2) is 10.1. The van der Waals surface area contributed by atoms with Gasteiger partial charge in [-0.3, -0.25) is 9.59 Å². The van der Waals surface area contributed by atoms with Gasteiger partial charge >= 0.3 is 0 Å². The molecule has 182 valence electrons. The van der Waals surface area contributed by atoms with Crippen LogP contribution in [0.1, 0.15) is 51.0 Å². The predicted octanol–water partition coefficient (Wildman–Crippen LogP) is 2.32. The monoisotopic (exact) mass is 477 g/mol. The summed E-state index contributed by atoms with van der Waals surface area (Å²) in [4.78, 5) is 27.4. The van der Waals surface area contributed by atoms with Gasteiger partial charge in [-0.05, 0) is 69.2 Å². The summed E-state index contributed by atoms with van der Waals surface area (Å²) >= 11 is 0. The Balaban J connectivity index is 1.39. The van der Waals surface area contributed by atoms with Crippen molar-refractivity contribution in [3.05, 3.63) is 23.8 Å². The van der Waals surface area contributed by atoms with Gasteiger partial charge in [0.15, 0.2) is 0 Å². The first-order valence-corrected chi connectivity index (χ1v) is 13.5. The van der Waals surface area contributed by atoms with Crippen LogP contribution < -0.4 is 10.2 Å². The zero-order valence-corrected chi connectivity index (χ0v) is 20.4. The van der Waals surface area contributed by atoms with Crippen LogP contribution in [0.5, 0.6) is 0 Å². The molecule has 1 N–H and O–H groups in total. The van der Waals surface area contributed by atoms with Crippen molar-refractivity contribution in [1.29, 1.82) is 0 Å². The van der Waals surface area contributed by atoms with Gasteiger partial charge in [-0.15, -0.1) is 0 Å². The molecule has 3 aliphatic rings. The largest absolute Gasteiger partial charge is 0.385 e. The Hall–Kier alpha value is -1.97. The van der Waals surface area contributed by atoms with E-state index in [2.05, 4.69) is 5.32 Å². The summed E-state index contributed by atoms with van der Waals surface area (Å²) in [5.41, 5.74) is 1.77. The van der Waals surface area contributed by atoms with Crippen molar-refractivity contribution in [2.75, 3.05) is 38.3 Å². The highest BCUT2D eigenvalue weighted by molar-refractivity contribution is 7.89. The minimum atomic E-state index is -3.64. The van der Waals surface area contributed by atoms with Crippen molar-refractivity contribution < 1.29 is 22.7 Å². The molecule has 0 bridgehead atoms. The number of nitrogens with one attached hydrogen (secondary N) is 1. The third kappa shape index (κ3) is 4.95. The van der Waals surface area contributed by atoms with Crippen LogP contribution in [0.25, 0.3) is 0 Å². The number of nitrogens with zero attached hydrogens (tertiary/aromatic N) is 2. The van der Waals surface area contributed by atoms with Crippen LogP contribution in [-0.2, 0) is 30.8 Å². The molecule has 1 aromatic carbocycles. The van der Waals surface area contributed by atoms with Gasteiger partial charge < -0.3 is 15.0 Å². The van der Waals surface area contributed by atoms with Gasteiger partial charge in [-0.1, -0.05) is 6.42 Å². The molecule has 0 unspecified atom stereocenters. The molecule has 9 heteroatoms. The molecule has 4 rings (SSSR count). The highest BCUT2D eigenvalue weighted by Crippen LogP contribution is 2.38. The number of piperidine rings is 1. The molecule has 1 atom stereocenters. The molecule has 1 aromatic rings. The number of amides is 2. The third-order valence-electron chi connectivity index (χ3n) is 7.25. The summed E-state index contributed by atoms with van der Waals surface area (Å²) in [5, 5.41) is 2.92. The van der Waals surface area contributed by atoms with Crippen molar-refractivity contribution in [3.63, 3.8) is 0 Å². The molecule has 0 spiro atoms. The quantitative estimate of drug-likeness (QED) is 0.580. The zero-order valence-electron chi connectivity index (χ0n) is 19.6. The zero-order chi connectivity index (χ0) is 23.6. The summed E-state index contributed by atoms with van der Waals surface area (Å²) < 4.78 is 33.1. The lowest BCUT2D eigenvalue weighted by molar-refractivity contribution is -0.126. The van der Waals surface area contributed by atoms with E-state index in [9.17, 15) is 18.0 Å². The SMILES string of the molecule is COCCCNC(=O)C1CCN(S(=O)(=O)c2ccc3c(c2)C[C@H](C)N3C(=O)C2CCC2)CC1. The number of fused-ring (bicyclic) bond motifs is 1. The Bertz CT molecular complexity index is 984. The number of sulfonamides is 1. The minimum Gasteiger partial charge on any atom is -0.385 e. The maximum Gasteiger partial charge on any atom is 0.243 e. The number of benzene rings is 1. The van der Waals surface area contributed by atoms with Crippen LogP contribution in [0.15, 0.2) is 23.1 Å². The molecule has 1 saturated heterocycles. The van der Waals surface area contributed by atoms with Crippen molar-refractivity contribution in [1.82, 2.24) is 9.62 Å². The number of methoxy groups -OCH3 is 1. The van der Waals surface area contributed by atoms with E-state index in [1.165, 1.54) is 4.31 Å². The third-order valence-corrected chi connectivity index (χ3v) is 9.14. The second-order valence-electron chi connectivity index (χ2n) is 9.50. The number of hydrogen-bond acceptors (Lipinski definition) is 5. The molecular formula is C24H35N3O5S. The highest BCUT2D eigenvalue weighted by Gasteiger charge is 2.38. The van der Waals surface area contributed by atoms with E-state index in [4.69, 9.17) is 4.74 Å². The Kier molecular flexibility index (Phi) is 7.40. The van der Waals surface area contributed by atoms with E-state index in [1.807, 2.05) is 11.8 Å². The van der Waals surface area contributed by atoms with Crippen LogP contribution in [0.3, 0.4) is 0 Å². The van der Waals surface area contributed by atoms with Gasteiger partial charge in [0, 0.05) is 56.9 Å². The first-order chi connectivity index (χ1) is 15.8. The predicted molar refractivity (Wildman–Crippen MR) is 125 cm³/mol. The molecule has 2 heterocycles. The number of carbonyl (C=O) groups is 2. The van der Waals surface area contributed by atoms with Gasteiger partial charge in [0.2, 0.25) is 21.8 Å². The van der Waals surface area contributed by atoms with Crippen LogP contribution >= 0.6 is 0 Å². The number of hydrogen-bond donors (Lipinski definition) is 1. The van der Waals surface area contributed by atoms with Crippen molar-refractivity contribution in [2.45, 2.75) is 62.8 Å². The molecule has 0 radical (unpaired) electrons. The molecular weight excluding hydrogens is 442 g/mol. The summed E-state index contributed by atoms with van der Waals surface area (Å²) in [6.45, 7) is 3.86. The fourth-order valence-corrected chi connectivity index (χ4v) is 6.56. The van der Waals surface area contributed by atoms with Gasteiger partial charge in [0.05, 0.1) is 4.90 Å². The fourth-order valence-electron chi connectivity index (χ4n) is 5.04. The van der Waals surface area contributed by atoms with Crippen molar-refractivity contribution >= 4 is 27.5 Å². The van der Waals surface area contributed by atoms with Gasteiger partial charge in [0.25, 0.3) is 0 Å². The van der Waals surface area contributed by atoms with E-state index in [0.29, 0.717) is 45.5 Å². The summed E-state index contributed by atoms with van der Waals surface area (Å²) in [6.07, 6.45) is 5.46. The molecule has 1 aliphatic carbocycles. The molecule has 2 aliphatic heterocycles. The number of rotatable bonds is 8. The number of ether oxygens (including phenoxy) is 1. The maximum atomic E-state index is 13.3. The van der Waals surface area contributed by atoms with Crippen LogP contribution in [0.2, 0.25) is 0 Å². The molecule has 2 amide bonds. The first-order valence-electron chi connectivity index (χ1n) is 12.1. The van der Waals surface area contributed by atoms with Crippen LogP contribution in [0.4, 0.5) is 5.69 Å². The van der Waals surface area contributed by atoms with Crippen molar-refractivity contribution in [2.24, 2.45) is 11.8 Å². The minimum absolute atomic E-state index is 0.00843. The second-order valence-corrected chi connectivity index (χ2v) is 11.4. The van der Waals surface area contributed by atoms with E-state index in [-0.39, 0.29) is 34.6 Å². The lowest BCUT2D eigenvalue weighted by Crippen LogP contribution is -2.43. The lowest BCUT2D eigenvalue weighted by atomic mass is 9.84. The van der Waals surface area contributed by atoms with Crippen molar-refractivity contribution in [3.8, 4) is 0 Å². The Morgan fingerprint density at radius 3 is 2.48 bits per heavy atom. The van der Waals surface area contributed by atoms with Gasteiger partial charge in [-0.2, -0.15) is 4.31 Å². The maximum absolute atomic E-state index is 13.3. The van der Waals surface area contributed by atoms with Crippen LogP contribution in [0, 0.1) is 11.8 Å². The Labute approximate surface area is 196 Å². The average Bonchev–Trinajstić information content (AvgIpc) is 3.10. The number of carbonyl (C=O) groups excluding carboxylic acids is 2. The summed E-state index contributed by atoms with van der Waals surface area (Å²) in [7, 11) is -2.01. The van der Waals surface area contributed by atoms with E-state index in [1.54, 1.807) is 25.3 Å². The Morgan fingerprint density at radius 1 is 1.12 bits per heavy atom. The average molecular weight is 478 g/mol. The molecule has 2 fully saturated rings. The van der Waals surface area contributed by atoms with E-state index in [0.717, 1.165) is 36.9 Å².